The van der Waals surface area contributed by atoms with Crippen LogP contribution < -0.4 is 4.74 Å². The lowest BCUT2D eigenvalue weighted by molar-refractivity contribution is 0.0549. The van der Waals surface area contributed by atoms with Gasteiger partial charge in [0.05, 0.1) is 18.4 Å². The Morgan fingerprint density at radius 2 is 1.93 bits per heavy atom. The van der Waals surface area contributed by atoms with Crippen LogP contribution in [-0.4, -0.2) is 38.6 Å². The number of aliphatic hydroxyl groups is 2. The van der Waals surface area contributed by atoms with Crippen molar-refractivity contribution in [1.29, 1.82) is 0 Å². The average molecular weight is 405 g/mol. The van der Waals surface area contributed by atoms with Crippen molar-refractivity contribution < 1.29 is 19.7 Å². The fourth-order valence-corrected chi connectivity index (χ4v) is 3.29. The number of fused-ring (bicyclic) bond motifs is 1. The zero-order chi connectivity index (χ0) is 19.4. The molecule has 2 heterocycles. The molecule has 2 atom stereocenters. The molecule has 0 radical (unpaired) electrons. The Morgan fingerprint density at radius 1 is 1.21 bits per heavy atom. The molecule has 0 aliphatic rings. The van der Waals surface area contributed by atoms with Crippen LogP contribution in [0.25, 0.3) is 5.65 Å². The van der Waals surface area contributed by atoms with Gasteiger partial charge < -0.3 is 14.9 Å². The van der Waals surface area contributed by atoms with Crippen molar-refractivity contribution in [3.05, 3.63) is 65.6 Å². The smallest absolute Gasteiger partial charge is 0.181 e. The fraction of sp³-hybridized carbons (Fsp3) is 0.333. The number of nitrogens with zero attached hydrogens (tertiary/aromatic N) is 2. The van der Waals surface area contributed by atoms with E-state index in [2.05, 4.69) is 4.98 Å². The number of halogens is 1. The maximum Gasteiger partial charge on any atom is 0.181 e. The first-order valence-corrected chi connectivity index (χ1v) is 9.04. The Kier molecular flexibility index (Phi) is 7.57. The SMILES string of the molecule is CCOc1cccn2c(C(=O)C[C@@H](CO)[C@@H](O)c3ccccc3)c(C)nc12.Cl. The number of hydrogen-bond acceptors (Lipinski definition) is 5. The fourth-order valence-electron chi connectivity index (χ4n) is 3.29. The zero-order valence-electron chi connectivity index (χ0n) is 15.9. The number of rotatable bonds is 8. The van der Waals surface area contributed by atoms with Crippen molar-refractivity contribution in [2.45, 2.75) is 26.4 Å². The summed E-state index contributed by atoms with van der Waals surface area (Å²) in [5.74, 6) is -0.159. The molecule has 28 heavy (non-hydrogen) atoms. The Hall–Kier alpha value is -2.41. The molecular weight excluding hydrogens is 380 g/mol. The summed E-state index contributed by atoms with van der Waals surface area (Å²) in [5, 5.41) is 20.3. The summed E-state index contributed by atoms with van der Waals surface area (Å²) in [7, 11) is 0. The van der Waals surface area contributed by atoms with Gasteiger partial charge in [-0.25, -0.2) is 4.98 Å². The monoisotopic (exact) mass is 404 g/mol. The molecule has 150 valence electrons. The van der Waals surface area contributed by atoms with Gasteiger partial charge in [0.2, 0.25) is 0 Å². The van der Waals surface area contributed by atoms with Crippen molar-refractivity contribution in [2.75, 3.05) is 13.2 Å². The molecule has 6 nitrogen and oxygen atoms in total. The highest BCUT2D eigenvalue weighted by atomic mass is 35.5. The molecule has 0 aliphatic heterocycles. The van der Waals surface area contributed by atoms with Crippen molar-refractivity contribution in [2.24, 2.45) is 5.92 Å². The number of hydrogen-bond donors (Lipinski definition) is 2. The van der Waals surface area contributed by atoms with Gasteiger partial charge >= 0.3 is 0 Å². The van der Waals surface area contributed by atoms with E-state index in [4.69, 9.17) is 4.74 Å². The lowest BCUT2D eigenvalue weighted by Crippen LogP contribution is -2.21. The van der Waals surface area contributed by atoms with Crippen LogP contribution in [0.3, 0.4) is 0 Å². The maximum absolute atomic E-state index is 13.0. The summed E-state index contributed by atoms with van der Waals surface area (Å²) >= 11 is 0. The quantitative estimate of drug-likeness (QED) is 0.562. The topological polar surface area (TPSA) is 84.1 Å². The van der Waals surface area contributed by atoms with Crippen LogP contribution in [0.15, 0.2) is 48.7 Å². The number of ether oxygens (including phenoxy) is 1. The van der Waals surface area contributed by atoms with Crippen molar-refractivity contribution in [3.63, 3.8) is 0 Å². The first-order chi connectivity index (χ1) is 13.1. The second kappa shape index (κ2) is 9.68. The lowest BCUT2D eigenvalue weighted by Gasteiger charge is -2.20. The van der Waals surface area contributed by atoms with E-state index in [1.807, 2.05) is 31.2 Å². The molecule has 0 saturated carbocycles. The van der Waals surface area contributed by atoms with E-state index in [0.29, 0.717) is 35.0 Å². The predicted molar refractivity (Wildman–Crippen MR) is 109 cm³/mol. The summed E-state index contributed by atoms with van der Waals surface area (Å²) < 4.78 is 7.31. The Morgan fingerprint density at radius 3 is 2.57 bits per heavy atom. The van der Waals surface area contributed by atoms with Crippen molar-refractivity contribution in [1.82, 2.24) is 9.38 Å². The molecule has 2 aromatic heterocycles. The molecule has 0 amide bonds. The second-order valence-electron chi connectivity index (χ2n) is 6.47. The third-order valence-electron chi connectivity index (χ3n) is 4.62. The van der Waals surface area contributed by atoms with Gasteiger partial charge in [-0.15, -0.1) is 12.4 Å². The lowest BCUT2D eigenvalue weighted by atomic mass is 9.91. The number of aryl methyl sites for hydroxylation is 1. The highest BCUT2D eigenvalue weighted by Gasteiger charge is 2.26. The number of pyridine rings is 1. The van der Waals surface area contributed by atoms with Gasteiger partial charge in [-0.2, -0.15) is 0 Å². The van der Waals surface area contributed by atoms with E-state index in [0.717, 1.165) is 0 Å². The minimum Gasteiger partial charge on any atom is -0.490 e. The highest BCUT2D eigenvalue weighted by molar-refractivity contribution is 5.97. The molecule has 7 heteroatoms. The first-order valence-electron chi connectivity index (χ1n) is 9.04. The maximum atomic E-state index is 13.0. The molecule has 3 rings (SSSR count). The standard InChI is InChI=1S/C21H24N2O4.ClH/c1-3-27-18-10-7-11-23-19(14(2)22-21(18)23)17(25)12-16(13-24)20(26)15-8-5-4-6-9-15;/h4-11,16,20,24,26H,3,12-13H2,1-2H3;1H/t16-,20-;/m0./s1. The molecular formula is C21H25ClN2O4. The minimum atomic E-state index is -0.918. The molecule has 0 aliphatic carbocycles. The number of aliphatic hydroxyl groups excluding tert-OH is 2. The van der Waals surface area contributed by atoms with Crippen LogP contribution in [0.2, 0.25) is 0 Å². The van der Waals surface area contributed by atoms with Crippen molar-refractivity contribution in [3.8, 4) is 5.75 Å². The largest absolute Gasteiger partial charge is 0.490 e. The third kappa shape index (κ3) is 4.35. The van der Waals surface area contributed by atoms with E-state index in [1.165, 1.54) is 0 Å². The summed E-state index contributed by atoms with van der Waals surface area (Å²) in [4.78, 5) is 17.5. The number of aromatic nitrogens is 2. The molecule has 2 N–H and O–H groups in total. The minimum absolute atomic E-state index is 0. The molecule has 0 unspecified atom stereocenters. The first kappa shape index (κ1) is 21.9. The third-order valence-corrected chi connectivity index (χ3v) is 4.62. The van der Waals surface area contributed by atoms with Gasteiger partial charge in [-0.1, -0.05) is 30.3 Å². The summed E-state index contributed by atoms with van der Waals surface area (Å²) in [5.41, 5.74) is 2.31. The van der Waals surface area contributed by atoms with E-state index in [9.17, 15) is 15.0 Å². The Bertz CT molecular complexity index is 927. The average Bonchev–Trinajstić information content (AvgIpc) is 3.03. The van der Waals surface area contributed by atoms with Crippen LogP contribution in [0.4, 0.5) is 0 Å². The summed E-state index contributed by atoms with van der Waals surface area (Å²) in [6.07, 6.45) is 0.867. The molecule has 0 saturated heterocycles. The highest BCUT2D eigenvalue weighted by Crippen LogP contribution is 2.28. The van der Waals surface area contributed by atoms with Gasteiger partial charge in [0.15, 0.2) is 17.2 Å². The Balaban J connectivity index is 0.00000280. The van der Waals surface area contributed by atoms with Gasteiger partial charge in [-0.05, 0) is 31.5 Å². The number of ketones is 1. The van der Waals surface area contributed by atoms with Gasteiger partial charge in [0.25, 0.3) is 0 Å². The molecule has 3 aromatic rings. The summed E-state index contributed by atoms with van der Waals surface area (Å²) in [6, 6.07) is 12.7. The Labute approximate surface area is 170 Å². The number of carbonyl (C=O) groups is 1. The number of imidazole rings is 1. The zero-order valence-corrected chi connectivity index (χ0v) is 16.7. The molecule has 0 spiro atoms. The van der Waals surface area contributed by atoms with Crippen molar-refractivity contribution >= 4 is 23.8 Å². The van der Waals surface area contributed by atoms with Crippen LogP contribution >= 0.6 is 12.4 Å². The van der Waals surface area contributed by atoms with E-state index in [-0.39, 0.29) is 31.2 Å². The van der Waals surface area contributed by atoms with E-state index >= 15 is 0 Å². The van der Waals surface area contributed by atoms with Crippen LogP contribution in [0.5, 0.6) is 5.75 Å². The van der Waals surface area contributed by atoms with Crippen LogP contribution in [-0.2, 0) is 0 Å². The normalized spacial score (nSPS) is 13.0. The van der Waals surface area contributed by atoms with Gasteiger partial charge in [-0.3, -0.25) is 9.20 Å². The van der Waals surface area contributed by atoms with Crippen LogP contribution in [0, 0.1) is 12.8 Å². The van der Waals surface area contributed by atoms with E-state index < -0.39 is 12.0 Å². The molecule has 1 aromatic carbocycles. The van der Waals surface area contributed by atoms with Crippen LogP contribution in [0.1, 0.15) is 41.2 Å². The second-order valence-corrected chi connectivity index (χ2v) is 6.47. The summed E-state index contributed by atoms with van der Waals surface area (Å²) in [6.45, 7) is 3.88. The van der Waals surface area contributed by atoms with Gasteiger partial charge in [0.1, 0.15) is 5.69 Å². The number of benzene rings is 1. The molecule has 0 bridgehead atoms. The molecule has 0 fully saturated rings. The van der Waals surface area contributed by atoms with Gasteiger partial charge in [0, 0.05) is 25.1 Å². The number of carbonyl (C=O) groups excluding carboxylic acids is 1. The number of Topliss-reactive ketones (excluding diaryl/α,β-unsaturated/α-hetero) is 1. The predicted octanol–water partition coefficient (Wildman–Crippen LogP) is 3.38. The van der Waals surface area contributed by atoms with E-state index in [1.54, 1.807) is 35.7 Å².